The number of non-ortho nitro benzene ring substituents is 1. The maximum atomic E-state index is 10.9. The van der Waals surface area contributed by atoms with Crippen LogP contribution in [0.3, 0.4) is 0 Å². The quantitative estimate of drug-likeness (QED) is 0.607. The first-order valence-corrected chi connectivity index (χ1v) is 6.80. The Balaban J connectivity index is 2.11. The van der Waals surface area contributed by atoms with Crippen LogP contribution in [0.5, 0.6) is 0 Å². The molecule has 0 spiro atoms. The molecule has 0 unspecified atom stereocenters. The second-order valence-electron chi connectivity index (χ2n) is 5.34. The van der Waals surface area contributed by atoms with Crippen LogP contribution in [0.25, 0.3) is 0 Å². The smallest absolute Gasteiger partial charge is 0.273 e. The molecule has 2 rings (SSSR count). The van der Waals surface area contributed by atoms with Crippen molar-refractivity contribution < 1.29 is 4.92 Å². The molecular weight excluding hydrogens is 242 g/mol. The van der Waals surface area contributed by atoms with Crippen molar-refractivity contribution in [1.29, 1.82) is 0 Å². The zero-order valence-corrected chi connectivity index (χ0v) is 11.5. The second-order valence-corrected chi connectivity index (χ2v) is 5.34. The van der Waals surface area contributed by atoms with Gasteiger partial charge < -0.3 is 10.6 Å². The molecule has 1 aromatic carbocycles. The van der Waals surface area contributed by atoms with Crippen molar-refractivity contribution in [3.63, 3.8) is 0 Å². The van der Waals surface area contributed by atoms with Crippen LogP contribution in [0.4, 0.5) is 17.1 Å². The van der Waals surface area contributed by atoms with Crippen LogP contribution in [0.2, 0.25) is 0 Å². The van der Waals surface area contributed by atoms with E-state index in [1.165, 1.54) is 19.3 Å². The lowest BCUT2D eigenvalue weighted by molar-refractivity contribution is -0.384. The van der Waals surface area contributed by atoms with Gasteiger partial charge in [-0.2, -0.15) is 0 Å². The summed E-state index contributed by atoms with van der Waals surface area (Å²) >= 11 is 0. The number of hydrogen-bond donors (Lipinski definition) is 2. The zero-order chi connectivity index (χ0) is 13.9. The van der Waals surface area contributed by atoms with Crippen LogP contribution >= 0.6 is 0 Å². The van der Waals surface area contributed by atoms with Gasteiger partial charge in [0, 0.05) is 37.1 Å². The number of rotatable bonds is 6. The minimum atomic E-state index is -0.356. The molecule has 5 nitrogen and oxygen atoms in total. The number of benzene rings is 1. The minimum Gasteiger partial charge on any atom is -0.388 e. The average molecular weight is 263 g/mol. The van der Waals surface area contributed by atoms with Gasteiger partial charge in [-0.25, -0.2) is 0 Å². The summed E-state index contributed by atoms with van der Waals surface area (Å²) in [6.07, 6.45) is 4.97. The summed E-state index contributed by atoms with van der Waals surface area (Å²) in [4.78, 5) is 10.5. The molecule has 0 atom stereocenters. The normalized spacial score (nSPS) is 16.5. The summed E-state index contributed by atoms with van der Waals surface area (Å²) in [7, 11) is 1.77. The first-order valence-electron chi connectivity index (χ1n) is 6.80. The Morgan fingerprint density at radius 2 is 2.00 bits per heavy atom. The van der Waals surface area contributed by atoms with E-state index in [1.54, 1.807) is 19.2 Å². The van der Waals surface area contributed by atoms with Crippen LogP contribution in [0, 0.1) is 15.5 Å². The molecule has 0 aliphatic heterocycles. The average Bonchev–Trinajstić information content (AvgIpc) is 2.37. The standard InChI is InChI=1S/C14H21N3O2/c1-3-14(5-4-6-14)10-16-12-7-11(15-2)8-13(9-12)17(18)19/h7-9,15-16H,3-6,10H2,1-2H3. The molecule has 1 aliphatic carbocycles. The Hall–Kier alpha value is -1.78. The van der Waals surface area contributed by atoms with Crippen LogP contribution in [0.15, 0.2) is 18.2 Å². The lowest BCUT2D eigenvalue weighted by atomic mass is 9.67. The highest BCUT2D eigenvalue weighted by Crippen LogP contribution is 2.43. The second kappa shape index (κ2) is 5.47. The lowest BCUT2D eigenvalue weighted by Crippen LogP contribution is -2.35. The molecular formula is C14H21N3O2. The minimum absolute atomic E-state index is 0.119. The van der Waals surface area contributed by atoms with Gasteiger partial charge in [0.2, 0.25) is 0 Å². The Kier molecular flexibility index (Phi) is 3.93. The third-order valence-corrected chi connectivity index (χ3v) is 4.25. The molecule has 1 saturated carbocycles. The molecule has 0 radical (unpaired) electrons. The monoisotopic (exact) mass is 263 g/mol. The first-order chi connectivity index (χ1) is 9.08. The van der Waals surface area contributed by atoms with Crippen molar-refractivity contribution in [3.05, 3.63) is 28.3 Å². The number of anilines is 2. The van der Waals surface area contributed by atoms with Crippen molar-refractivity contribution in [2.45, 2.75) is 32.6 Å². The molecule has 0 amide bonds. The van der Waals surface area contributed by atoms with E-state index in [-0.39, 0.29) is 10.6 Å². The van der Waals surface area contributed by atoms with Gasteiger partial charge in [0.15, 0.2) is 0 Å². The number of hydrogen-bond acceptors (Lipinski definition) is 4. The highest BCUT2D eigenvalue weighted by molar-refractivity contribution is 5.63. The molecule has 2 N–H and O–H groups in total. The van der Waals surface area contributed by atoms with E-state index in [4.69, 9.17) is 0 Å². The van der Waals surface area contributed by atoms with Gasteiger partial charge in [0.25, 0.3) is 5.69 Å². The van der Waals surface area contributed by atoms with E-state index in [9.17, 15) is 10.1 Å². The Morgan fingerprint density at radius 1 is 1.32 bits per heavy atom. The SMILES string of the molecule is CCC1(CNc2cc(NC)cc([N+](=O)[O-])c2)CCC1. The van der Waals surface area contributed by atoms with Gasteiger partial charge in [-0.05, 0) is 30.7 Å². The van der Waals surface area contributed by atoms with Crippen molar-refractivity contribution in [2.24, 2.45) is 5.41 Å². The molecule has 0 aromatic heterocycles. The summed E-state index contributed by atoms with van der Waals surface area (Å²) in [6, 6.07) is 5.06. The zero-order valence-electron chi connectivity index (χ0n) is 11.5. The predicted octanol–water partition coefficient (Wildman–Crippen LogP) is 3.63. The molecule has 0 heterocycles. The third kappa shape index (κ3) is 2.97. The number of nitrogens with one attached hydrogen (secondary N) is 2. The fraction of sp³-hybridized carbons (Fsp3) is 0.571. The Bertz CT molecular complexity index is 464. The van der Waals surface area contributed by atoms with Crippen LogP contribution < -0.4 is 10.6 Å². The van der Waals surface area contributed by atoms with E-state index in [1.807, 2.05) is 6.07 Å². The molecule has 1 aliphatic rings. The largest absolute Gasteiger partial charge is 0.388 e. The van der Waals surface area contributed by atoms with Crippen molar-refractivity contribution in [2.75, 3.05) is 24.2 Å². The molecule has 104 valence electrons. The van der Waals surface area contributed by atoms with Crippen molar-refractivity contribution >= 4 is 17.1 Å². The van der Waals surface area contributed by atoms with Gasteiger partial charge in [-0.1, -0.05) is 13.3 Å². The lowest BCUT2D eigenvalue weighted by Gasteiger charge is -2.41. The number of nitro groups is 1. The van der Waals surface area contributed by atoms with E-state index in [2.05, 4.69) is 17.6 Å². The van der Waals surface area contributed by atoms with Crippen molar-refractivity contribution in [1.82, 2.24) is 0 Å². The maximum Gasteiger partial charge on any atom is 0.273 e. The summed E-state index contributed by atoms with van der Waals surface area (Å²) in [5.74, 6) is 0. The van der Waals surface area contributed by atoms with E-state index in [0.29, 0.717) is 5.41 Å². The molecule has 5 heteroatoms. The highest BCUT2D eigenvalue weighted by Gasteiger charge is 2.34. The Morgan fingerprint density at radius 3 is 2.47 bits per heavy atom. The fourth-order valence-corrected chi connectivity index (χ4v) is 2.58. The predicted molar refractivity (Wildman–Crippen MR) is 77.7 cm³/mol. The van der Waals surface area contributed by atoms with E-state index >= 15 is 0 Å². The molecule has 1 aromatic rings. The van der Waals surface area contributed by atoms with Gasteiger partial charge in [0.05, 0.1) is 4.92 Å². The van der Waals surface area contributed by atoms with Crippen molar-refractivity contribution in [3.8, 4) is 0 Å². The van der Waals surface area contributed by atoms with Crippen LogP contribution in [-0.2, 0) is 0 Å². The fourth-order valence-electron chi connectivity index (χ4n) is 2.58. The first kappa shape index (κ1) is 13.6. The third-order valence-electron chi connectivity index (χ3n) is 4.25. The van der Waals surface area contributed by atoms with Crippen LogP contribution in [0.1, 0.15) is 32.6 Å². The van der Waals surface area contributed by atoms with Gasteiger partial charge in [0.1, 0.15) is 0 Å². The molecule has 0 saturated heterocycles. The summed E-state index contributed by atoms with van der Waals surface area (Å²) in [5.41, 5.74) is 2.09. The van der Waals surface area contributed by atoms with Crippen LogP contribution in [-0.4, -0.2) is 18.5 Å². The van der Waals surface area contributed by atoms with E-state index < -0.39 is 0 Å². The maximum absolute atomic E-state index is 10.9. The van der Waals surface area contributed by atoms with E-state index in [0.717, 1.165) is 24.3 Å². The van der Waals surface area contributed by atoms with Gasteiger partial charge in [-0.3, -0.25) is 10.1 Å². The van der Waals surface area contributed by atoms with Gasteiger partial charge in [-0.15, -0.1) is 0 Å². The Labute approximate surface area is 113 Å². The number of nitrogens with zero attached hydrogens (tertiary/aromatic N) is 1. The molecule has 0 bridgehead atoms. The summed E-state index contributed by atoms with van der Waals surface area (Å²) in [5, 5.41) is 17.2. The molecule has 19 heavy (non-hydrogen) atoms. The van der Waals surface area contributed by atoms with Gasteiger partial charge >= 0.3 is 0 Å². The topological polar surface area (TPSA) is 67.2 Å². The highest BCUT2D eigenvalue weighted by atomic mass is 16.6. The number of nitro benzene ring substituents is 1. The summed E-state index contributed by atoms with van der Waals surface area (Å²) < 4.78 is 0. The molecule has 1 fully saturated rings. The summed E-state index contributed by atoms with van der Waals surface area (Å²) in [6.45, 7) is 3.11.